The summed E-state index contributed by atoms with van der Waals surface area (Å²) in [6.07, 6.45) is 3.45. The van der Waals surface area contributed by atoms with E-state index in [2.05, 4.69) is 20.6 Å². The number of hydrogen-bond donors (Lipinski definition) is 2. The molecule has 19 heavy (non-hydrogen) atoms. The van der Waals surface area contributed by atoms with Crippen molar-refractivity contribution in [3.05, 3.63) is 36.7 Å². The average Bonchev–Trinajstić information content (AvgIpc) is 3.09. The molecule has 96 valence electrons. The van der Waals surface area contributed by atoms with Crippen LogP contribution in [0.2, 0.25) is 0 Å². The third-order valence-electron chi connectivity index (χ3n) is 2.66. The van der Waals surface area contributed by atoms with Crippen LogP contribution in [-0.2, 0) is 0 Å². The van der Waals surface area contributed by atoms with Crippen molar-refractivity contribution < 1.29 is 9.42 Å². The summed E-state index contributed by atoms with van der Waals surface area (Å²) < 4.78 is 8.40. The Hall–Kier alpha value is -2.90. The summed E-state index contributed by atoms with van der Waals surface area (Å²) in [7, 11) is 1.57. The number of ether oxygens (including phenoxy) is 1. The molecule has 0 aliphatic rings. The van der Waals surface area contributed by atoms with Gasteiger partial charge in [0, 0.05) is 6.07 Å². The molecule has 0 aliphatic carbocycles. The molecular formula is C11H12N7O+. The smallest absolute Gasteiger partial charge is 0.434 e. The van der Waals surface area contributed by atoms with Crippen molar-refractivity contribution in [2.75, 3.05) is 12.8 Å². The zero-order valence-electron chi connectivity index (χ0n) is 10.2. The summed E-state index contributed by atoms with van der Waals surface area (Å²) in [6, 6.07) is 7.21. The number of benzene rings is 1. The number of methoxy groups -OCH3 is 1. The second-order valence-corrected chi connectivity index (χ2v) is 3.81. The molecule has 0 atom stereocenters. The molecule has 0 spiro atoms. The number of nitrogens with one attached hydrogen (secondary N) is 1. The molecule has 3 rings (SSSR count). The van der Waals surface area contributed by atoms with E-state index in [0.29, 0.717) is 17.4 Å². The summed E-state index contributed by atoms with van der Waals surface area (Å²) in [5.41, 5.74) is 7.21. The van der Waals surface area contributed by atoms with Crippen molar-refractivity contribution in [1.82, 2.24) is 25.3 Å². The highest BCUT2D eigenvalue weighted by molar-refractivity contribution is 5.56. The van der Waals surface area contributed by atoms with Gasteiger partial charge in [0.1, 0.15) is 16.7 Å². The van der Waals surface area contributed by atoms with E-state index in [1.807, 2.05) is 6.07 Å². The molecule has 0 fully saturated rings. The highest BCUT2D eigenvalue weighted by Gasteiger charge is 2.19. The number of nitrogen functional groups attached to an aromatic ring is 1. The van der Waals surface area contributed by atoms with Gasteiger partial charge in [0.25, 0.3) is 0 Å². The van der Waals surface area contributed by atoms with Crippen LogP contribution in [0.25, 0.3) is 11.6 Å². The predicted molar refractivity (Wildman–Crippen MR) is 66.0 cm³/mol. The van der Waals surface area contributed by atoms with Crippen molar-refractivity contribution in [1.29, 1.82) is 0 Å². The fourth-order valence-corrected chi connectivity index (χ4v) is 1.77. The van der Waals surface area contributed by atoms with Crippen molar-refractivity contribution in [3.63, 3.8) is 0 Å². The molecule has 0 bridgehead atoms. The summed E-state index contributed by atoms with van der Waals surface area (Å²) >= 11 is 0. The summed E-state index contributed by atoms with van der Waals surface area (Å²) in [6.45, 7) is 0. The molecule has 2 aromatic heterocycles. The lowest BCUT2D eigenvalue weighted by Gasteiger charge is -2.05. The van der Waals surface area contributed by atoms with Crippen LogP contribution >= 0.6 is 0 Å². The number of nitrogens with two attached hydrogens (primary N) is 1. The Morgan fingerprint density at radius 2 is 2.32 bits per heavy atom. The maximum Gasteiger partial charge on any atom is 0.434 e. The molecule has 3 N–H and O–H groups in total. The van der Waals surface area contributed by atoms with Crippen molar-refractivity contribution in [2.24, 2.45) is 0 Å². The second kappa shape index (κ2) is 4.41. The fraction of sp³-hybridized carbons (Fsp3) is 0.0909. The molecule has 3 aromatic rings. The van der Waals surface area contributed by atoms with Gasteiger partial charge in [-0.3, -0.25) is 0 Å². The number of hydrogen-bond acceptors (Lipinski definition) is 5. The van der Waals surface area contributed by atoms with E-state index in [0.717, 1.165) is 5.69 Å². The lowest BCUT2D eigenvalue weighted by atomic mass is 10.2. The summed E-state index contributed by atoms with van der Waals surface area (Å²) in [5, 5.41) is 14.7. The van der Waals surface area contributed by atoms with Crippen LogP contribution in [0.3, 0.4) is 0 Å². The molecule has 1 aromatic carbocycles. The van der Waals surface area contributed by atoms with Gasteiger partial charge in [-0.05, 0) is 18.2 Å². The number of nitrogens with zero attached hydrogens (tertiary/aromatic N) is 5. The topological polar surface area (TPSA) is 98.5 Å². The molecule has 2 heterocycles. The van der Waals surface area contributed by atoms with Crippen LogP contribution in [-0.4, -0.2) is 32.4 Å². The monoisotopic (exact) mass is 258 g/mol. The molecule has 0 radical (unpaired) electrons. The van der Waals surface area contributed by atoms with Crippen LogP contribution in [0.1, 0.15) is 0 Å². The molecule has 0 aliphatic heterocycles. The zero-order valence-corrected chi connectivity index (χ0v) is 10.2. The third kappa shape index (κ3) is 1.88. The molecule has 0 amide bonds. The van der Waals surface area contributed by atoms with Crippen LogP contribution in [0.5, 0.6) is 5.75 Å². The number of anilines is 1. The maximum atomic E-state index is 5.89. The highest BCUT2D eigenvalue weighted by Crippen LogP contribution is 2.21. The van der Waals surface area contributed by atoms with Crippen LogP contribution in [0.15, 0.2) is 36.7 Å². The predicted octanol–water partition coefficient (Wildman–Crippen LogP) is -0.142. The van der Waals surface area contributed by atoms with Gasteiger partial charge >= 0.3 is 5.95 Å². The van der Waals surface area contributed by atoms with Gasteiger partial charge in [-0.15, -0.1) is 14.5 Å². The molecular weight excluding hydrogens is 246 g/mol. The van der Waals surface area contributed by atoms with E-state index >= 15 is 0 Å². The Bertz CT molecular complexity index is 689. The normalized spacial score (nSPS) is 10.6. The minimum Gasteiger partial charge on any atom is -0.495 e. The van der Waals surface area contributed by atoms with Crippen LogP contribution < -0.4 is 15.2 Å². The van der Waals surface area contributed by atoms with Crippen LogP contribution in [0, 0.1) is 0 Å². The lowest BCUT2D eigenvalue weighted by Crippen LogP contribution is -2.37. The molecule has 8 nitrogen and oxygen atoms in total. The molecule has 8 heteroatoms. The fourth-order valence-electron chi connectivity index (χ4n) is 1.77. The summed E-state index contributed by atoms with van der Waals surface area (Å²) in [5.74, 6) is 1.16. The first-order valence-electron chi connectivity index (χ1n) is 5.56. The standard InChI is InChI=1S/C11H11N7O/c1-19-10-4-3-8(7-9(10)12)18-11(14-15-16-18)17-6-2-5-13-17/h2-7H,12H2,1H3/p+1. The van der Waals surface area contributed by atoms with Crippen molar-refractivity contribution >= 4 is 5.69 Å². The minimum absolute atomic E-state index is 0.536. The average molecular weight is 258 g/mol. The van der Waals surface area contributed by atoms with E-state index in [-0.39, 0.29) is 0 Å². The number of aromatic amines is 1. The van der Waals surface area contributed by atoms with Gasteiger partial charge in [0.15, 0.2) is 0 Å². The van der Waals surface area contributed by atoms with Gasteiger partial charge < -0.3 is 10.5 Å². The number of H-pyrrole nitrogens is 1. The van der Waals surface area contributed by atoms with Crippen LogP contribution in [0.4, 0.5) is 5.69 Å². The molecule has 0 saturated heterocycles. The Balaban J connectivity index is 2.08. The second-order valence-electron chi connectivity index (χ2n) is 3.81. The number of rotatable bonds is 3. The quantitative estimate of drug-likeness (QED) is 0.503. The molecule has 0 saturated carbocycles. The van der Waals surface area contributed by atoms with E-state index in [1.165, 1.54) is 0 Å². The molecule has 0 unspecified atom stereocenters. The van der Waals surface area contributed by atoms with Crippen molar-refractivity contribution in [2.45, 2.75) is 0 Å². The zero-order chi connectivity index (χ0) is 13.2. The van der Waals surface area contributed by atoms with Gasteiger partial charge in [-0.25, -0.2) is 0 Å². The Labute approximate surface area is 108 Å². The Kier molecular flexibility index (Phi) is 2.60. The van der Waals surface area contributed by atoms with Gasteiger partial charge in [-0.1, -0.05) is 5.21 Å². The van der Waals surface area contributed by atoms with E-state index in [4.69, 9.17) is 10.5 Å². The SMILES string of the molecule is COc1ccc(-[n+]2[nH]nnc2-n2cccn2)cc1N. The highest BCUT2D eigenvalue weighted by atomic mass is 16.5. The summed E-state index contributed by atoms with van der Waals surface area (Å²) in [4.78, 5) is 0. The first-order valence-corrected chi connectivity index (χ1v) is 5.56. The van der Waals surface area contributed by atoms with Gasteiger partial charge in [-0.2, -0.15) is 0 Å². The number of tetrazole rings is 1. The van der Waals surface area contributed by atoms with E-state index in [9.17, 15) is 0 Å². The maximum absolute atomic E-state index is 5.89. The third-order valence-corrected chi connectivity index (χ3v) is 2.66. The Morgan fingerprint density at radius 1 is 1.42 bits per heavy atom. The minimum atomic E-state index is 0.536. The number of aromatic nitrogens is 6. The van der Waals surface area contributed by atoms with Crippen molar-refractivity contribution in [3.8, 4) is 17.4 Å². The van der Waals surface area contributed by atoms with Gasteiger partial charge in [0.05, 0.1) is 30.3 Å². The first kappa shape index (κ1) is 11.2. The van der Waals surface area contributed by atoms with Gasteiger partial charge in [0.2, 0.25) is 0 Å². The Morgan fingerprint density at radius 3 is 3.00 bits per heavy atom. The van der Waals surface area contributed by atoms with E-state index < -0.39 is 0 Å². The first-order chi connectivity index (χ1) is 9.29. The van der Waals surface area contributed by atoms with E-state index in [1.54, 1.807) is 47.1 Å². The largest absolute Gasteiger partial charge is 0.495 e. The lowest BCUT2D eigenvalue weighted by molar-refractivity contribution is -0.655.